The number of halogens is 1. The van der Waals surface area contributed by atoms with E-state index in [-0.39, 0.29) is 24.2 Å². The molecule has 1 aromatic carbocycles. The first kappa shape index (κ1) is 21.3. The van der Waals surface area contributed by atoms with Crippen LogP contribution in [0.15, 0.2) is 27.6 Å². The third-order valence-electron chi connectivity index (χ3n) is 3.82. The Kier molecular flexibility index (Phi) is 8.49. The van der Waals surface area contributed by atoms with Crippen LogP contribution in [-0.4, -0.2) is 53.5 Å². The molecule has 1 saturated heterocycles. The lowest BCUT2D eigenvalue weighted by Gasteiger charge is -2.11. The van der Waals surface area contributed by atoms with E-state index in [4.69, 9.17) is 14.2 Å². The Morgan fingerprint density at radius 2 is 2.23 bits per heavy atom. The predicted molar refractivity (Wildman–Crippen MR) is 99.7 cm³/mol. The number of hydrogen-bond donors (Lipinski definition) is 1. The van der Waals surface area contributed by atoms with Crippen LogP contribution in [0.5, 0.6) is 0 Å². The van der Waals surface area contributed by atoms with Crippen LogP contribution in [0.3, 0.4) is 0 Å². The van der Waals surface area contributed by atoms with Crippen molar-refractivity contribution in [1.82, 2.24) is 4.72 Å². The summed E-state index contributed by atoms with van der Waals surface area (Å²) in [5, 5.41) is 0. The van der Waals surface area contributed by atoms with E-state index in [0.717, 1.165) is 19.4 Å². The maximum atomic E-state index is 12.4. The highest BCUT2D eigenvalue weighted by Crippen LogP contribution is 2.23. The molecule has 1 aromatic rings. The zero-order valence-corrected chi connectivity index (χ0v) is 17.1. The molecule has 1 unspecified atom stereocenters. The highest BCUT2D eigenvalue weighted by Gasteiger charge is 2.19. The van der Waals surface area contributed by atoms with Gasteiger partial charge in [0.15, 0.2) is 0 Å². The summed E-state index contributed by atoms with van der Waals surface area (Å²) in [7, 11) is -3.68. The van der Waals surface area contributed by atoms with Crippen LogP contribution in [0, 0.1) is 0 Å². The van der Waals surface area contributed by atoms with E-state index in [1.807, 2.05) is 0 Å². The molecular weight excluding hydrogens is 426 g/mol. The maximum absolute atomic E-state index is 12.4. The highest BCUT2D eigenvalue weighted by atomic mass is 79.9. The Bertz CT molecular complexity index is 703. The fourth-order valence-corrected chi connectivity index (χ4v) is 4.66. The van der Waals surface area contributed by atoms with E-state index in [0.29, 0.717) is 29.7 Å². The van der Waals surface area contributed by atoms with Crippen LogP contribution in [0.1, 0.15) is 36.5 Å². The van der Waals surface area contributed by atoms with Crippen molar-refractivity contribution in [3.63, 3.8) is 0 Å². The highest BCUT2D eigenvalue weighted by molar-refractivity contribution is 9.10. The van der Waals surface area contributed by atoms with Crippen LogP contribution in [0.25, 0.3) is 0 Å². The molecule has 1 aliphatic heterocycles. The Hall–Kier alpha value is -1.00. The quantitative estimate of drug-likeness (QED) is 0.435. The average Bonchev–Trinajstić information content (AvgIpc) is 3.11. The Morgan fingerprint density at radius 1 is 1.42 bits per heavy atom. The van der Waals surface area contributed by atoms with Gasteiger partial charge >= 0.3 is 5.97 Å². The van der Waals surface area contributed by atoms with Gasteiger partial charge in [-0.15, -0.1) is 0 Å². The fourth-order valence-electron chi connectivity index (χ4n) is 2.51. The maximum Gasteiger partial charge on any atom is 0.338 e. The lowest BCUT2D eigenvalue weighted by atomic mass is 10.2. The molecule has 1 atom stereocenters. The number of carbonyl (C=O) groups excluding carboxylic acids is 1. The largest absolute Gasteiger partial charge is 0.462 e. The molecule has 0 spiro atoms. The molecule has 0 aliphatic carbocycles. The SMILES string of the molecule is CCOC(=O)c1ccc(S(=O)(=O)NCCCOCC2CCCO2)c(Br)c1. The molecule has 1 fully saturated rings. The van der Waals surface area contributed by atoms with Crippen molar-refractivity contribution in [2.24, 2.45) is 0 Å². The average molecular weight is 450 g/mol. The van der Waals surface area contributed by atoms with Crippen molar-refractivity contribution in [2.45, 2.75) is 37.2 Å². The topological polar surface area (TPSA) is 90.9 Å². The van der Waals surface area contributed by atoms with Crippen LogP contribution < -0.4 is 4.72 Å². The molecule has 0 aromatic heterocycles. The molecule has 2 rings (SSSR count). The molecule has 0 saturated carbocycles. The van der Waals surface area contributed by atoms with Gasteiger partial charge in [0, 0.05) is 24.2 Å². The number of ether oxygens (including phenoxy) is 3. The molecule has 0 amide bonds. The summed E-state index contributed by atoms with van der Waals surface area (Å²) in [4.78, 5) is 11.8. The van der Waals surface area contributed by atoms with E-state index in [9.17, 15) is 13.2 Å². The monoisotopic (exact) mass is 449 g/mol. The lowest BCUT2D eigenvalue weighted by molar-refractivity contribution is 0.0169. The third-order valence-corrected chi connectivity index (χ3v) is 6.26. The minimum absolute atomic E-state index is 0.0748. The van der Waals surface area contributed by atoms with Gasteiger partial charge in [-0.3, -0.25) is 0 Å². The van der Waals surface area contributed by atoms with E-state index < -0.39 is 16.0 Å². The lowest BCUT2D eigenvalue weighted by Crippen LogP contribution is -2.26. The molecule has 146 valence electrons. The van der Waals surface area contributed by atoms with Crippen LogP contribution in [0.2, 0.25) is 0 Å². The molecule has 0 bridgehead atoms. The Balaban J connectivity index is 1.80. The van der Waals surface area contributed by atoms with Gasteiger partial charge in [-0.2, -0.15) is 0 Å². The second-order valence-electron chi connectivity index (χ2n) is 5.83. The molecule has 9 heteroatoms. The standard InChI is InChI=1S/C17H24BrNO6S/c1-2-24-17(20)13-6-7-16(15(18)11-13)26(21,22)19-8-4-9-23-12-14-5-3-10-25-14/h6-7,11,14,19H,2-5,8-10,12H2,1H3. The van der Waals surface area contributed by atoms with E-state index in [1.54, 1.807) is 6.92 Å². The van der Waals surface area contributed by atoms with Gasteiger partial charge in [0.05, 0.1) is 29.8 Å². The van der Waals surface area contributed by atoms with Crippen molar-refractivity contribution in [2.75, 3.05) is 33.0 Å². The van der Waals surface area contributed by atoms with Crippen molar-refractivity contribution in [1.29, 1.82) is 0 Å². The van der Waals surface area contributed by atoms with Gasteiger partial charge < -0.3 is 14.2 Å². The number of sulfonamides is 1. The summed E-state index contributed by atoms with van der Waals surface area (Å²) in [6.45, 7) is 4.03. The number of nitrogens with one attached hydrogen (secondary N) is 1. The molecule has 1 heterocycles. The number of benzene rings is 1. The zero-order valence-electron chi connectivity index (χ0n) is 14.7. The summed E-state index contributed by atoms with van der Waals surface area (Å²) in [5.74, 6) is -0.492. The minimum atomic E-state index is -3.68. The molecule has 26 heavy (non-hydrogen) atoms. The number of esters is 1. The summed E-state index contributed by atoms with van der Waals surface area (Å²) < 4.78 is 43.5. The van der Waals surface area contributed by atoms with Gasteiger partial charge in [0.1, 0.15) is 0 Å². The Morgan fingerprint density at radius 3 is 2.88 bits per heavy atom. The summed E-state index contributed by atoms with van der Waals surface area (Å²) in [6, 6.07) is 4.26. The van der Waals surface area contributed by atoms with E-state index >= 15 is 0 Å². The minimum Gasteiger partial charge on any atom is -0.462 e. The fraction of sp³-hybridized carbons (Fsp3) is 0.588. The number of carbonyl (C=O) groups is 1. The number of hydrogen-bond acceptors (Lipinski definition) is 6. The predicted octanol–water partition coefficient (Wildman–Crippen LogP) is 2.49. The van der Waals surface area contributed by atoms with Crippen LogP contribution in [0.4, 0.5) is 0 Å². The number of rotatable bonds is 10. The second kappa shape index (κ2) is 10.4. The molecule has 1 aliphatic rings. The molecule has 7 nitrogen and oxygen atoms in total. The smallest absolute Gasteiger partial charge is 0.338 e. The first-order chi connectivity index (χ1) is 12.4. The van der Waals surface area contributed by atoms with Crippen molar-refractivity contribution >= 4 is 31.9 Å². The van der Waals surface area contributed by atoms with Crippen LogP contribution >= 0.6 is 15.9 Å². The molecular formula is C17H24BrNO6S. The van der Waals surface area contributed by atoms with Gasteiger partial charge in [-0.1, -0.05) is 0 Å². The summed E-state index contributed by atoms with van der Waals surface area (Å²) >= 11 is 3.21. The van der Waals surface area contributed by atoms with E-state index in [1.165, 1.54) is 18.2 Å². The summed E-state index contributed by atoms with van der Waals surface area (Å²) in [5.41, 5.74) is 0.292. The van der Waals surface area contributed by atoms with E-state index in [2.05, 4.69) is 20.7 Å². The van der Waals surface area contributed by atoms with Gasteiger partial charge in [-0.25, -0.2) is 17.9 Å². The Labute approximate surface area is 162 Å². The molecule has 0 radical (unpaired) electrons. The van der Waals surface area contributed by atoms with Gasteiger partial charge in [-0.05, 0) is 60.3 Å². The zero-order chi connectivity index (χ0) is 19.0. The summed E-state index contributed by atoms with van der Waals surface area (Å²) in [6.07, 6.45) is 2.81. The van der Waals surface area contributed by atoms with Gasteiger partial charge in [0.2, 0.25) is 10.0 Å². The first-order valence-corrected chi connectivity index (χ1v) is 10.9. The third kappa shape index (κ3) is 6.31. The van der Waals surface area contributed by atoms with Crippen molar-refractivity contribution < 1.29 is 27.4 Å². The first-order valence-electron chi connectivity index (χ1n) is 8.59. The normalized spacial score (nSPS) is 17.4. The van der Waals surface area contributed by atoms with Crippen LogP contribution in [-0.2, 0) is 24.2 Å². The second-order valence-corrected chi connectivity index (χ2v) is 8.42. The van der Waals surface area contributed by atoms with Crippen molar-refractivity contribution in [3.8, 4) is 0 Å². The van der Waals surface area contributed by atoms with Crippen molar-refractivity contribution in [3.05, 3.63) is 28.2 Å². The molecule has 1 N–H and O–H groups in total. The van der Waals surface area contributed by atoms with Gasteiger partial charge in [0.25, 0.3) is 0 Å².